The Hall–Kier alpha value is -3.66. The minimum atomic E-state index is -0.113. The van der Waals surface area contributed by atoms with Gasteiger partial charge in [0.05, 0.1) is 29.9 Å². The van der Waals surface area contributed by atoms with Gasteiger partial charge in [-0.15, -0.1) is 0 Å². The Kier molecular flexibility index (Phi) is 5.72. The Labute approximate surface area is 182 Å². The lowest BCUT2D eigenvalue weighted by Crippen LogP contribution is -2.27. The molecule has 156 valence electrons. The molecule has 0 aliphatic rings. The molecule has 0 saturated heterocycles. The molecule has 1 N–H and O–H groups in total. The van der Waals surface area contributed by atoms with E-state index >= 15 is 0 Å². The van der Waals surface area contributed by atoms with Gasteiger partial charge >= 0.3 is 0 Å². The van der Waals surface area contributed by atoms with Crippen molar-refractivity contribution < 1.29 is 9.53 Å². The van der Waals surface area contributed by atoms with E-state index in [2.05, 4.69) is 11.4 Å². The topological polar surface area (TPSA) is 51.2 Å². The van der Waals surface area contributed by atoms with Crippen molar-refractivity contribution in [1.29, 1.82) is 0 Å². The fraction of sp³-hybridized carbons (Fsp3) is 0.185. The van der Waals surface area contributed by atoms with Crippen LogP contribution in [0.5, 0.6) is 5.75 Å². The highest BCUT2D eigenvalue weighted by Gasteiger charge is 2.18. The number of hydrogen-bond acceptors (Lipinski definition) is 3. The SMILES string of the molecule is COc1cccc(-c2cc(C(=O)NC(C)c3ccccc3)c3cc(C)cc(C)c3n2)c1. The average molecular weight is 411 g/mol. The molecule has 0 radical (unpaired) electrons. The summed E-state index contributed by atoms with van der Waals surface area (Å²) < 4.78 is 5.38. The Morgan fingerprint density at radius 3 is 2.48 bits per heavy atom. The zero-order chi connectivity index (χ0) is 22.0. The number of carbonyl (C=O) groups is 1. The number of carbonyl (C=O) groups excluding carboxylic acids is 1. The van der Waals surface area contributed by atoms with E-state index in [1.807, 2.05) is 87.5 Å². The quantitative estimate of drug-likeness (QED) is 0.438. The molecule has 4 rings (SSSR count). The van der Waals surface area contributed by atoms with Gasteiger partial charge in [-0.2, -0.15) is 0 Å². The first-order chi connectivity index (χ1) is 15.0. The van der Waals surface area contributed by atoms with Gasteiger partial charge in [-0.3, -0.25) is 4.79 Å². The summed E-state index contributed by atoms with van der Waals surface area (Å²) in [6.45, 7) is 6.07. The monoisotopic (exact) mass is 410 g/mol. The Bertz CT molecular complexity index is 1250. The van der Waals surface area contributed by atoms with Crippen LogP contribution in [0.15, 0.2) is 72.8 Å². The second-order valence-corrected chi connectivity index (χ2v) is 7.87. The van der Waals surface area contributed by atoms with Crippen LogP contribution in [-0.4, -0.2) is 18.0 Å². The molecule has 0 aliphatic carbocycles. The number of amides is 1. The lowest BCUT2D eigenvalue weighted by atomic mass is 9.98. The molecule has 4 heteroatoms. The van der Waals surface area contributed by atoms with Gasteiger partial charge in [0.15, 0.2) is 0 Å². The number of methoxy groups -OCH3 is 1. The van der Waals surface area contributed by atoms with Gasteiger partial charge in [0.25, 0.3) is 5.91 Å². The first kappa shape index (κ1) is 20.6. The van der Waals surface area contributed by atoms with Crippen molar-refractivity contribution in [3.05, 3.63) is 95.1 Å². The molecule has 0 bridgehead atoms. The summed E-state index contributed by atoms with van der Waals surface area (Å²) in [5.74, 6) is 0.640. The van der Waals surface area contributed by atoms with Crippen LogP contribution < -0.4 is 10.1 Å². The third kappa shape index (κ3) is 4.29. The maximum atomic E-state index is 13.4. The summed E-state index contributed by atoms with van der Waals surface area (Å²) in [6.07, 6.45) is 0. The second-order valence-electron chi connectivity index (χ2n) is 7.87. The third-order valence-corrected chi connectivity index (χ3v) is 5.51. The van der Waals surface area contributed by atoms with Gasteiger partial charge in [-0.1, -0.05) is 54.1 Å². The van der Waals surface area contributed by atoms with Crippen molar-refractivity contribution in [3.63, 3.8) is 0 Å². The molecule has 1 amide bonds. The fourth-order valence-electron chi connectivity index (χ4n) is 3.90. The summed E-state index contributed by atoms with van der Waals surface area (Å²) >= 11 is 0. The molecule has 31 heavy (non-hydrogen) atoms. The molecule has 4 nitrogen and oxygen atoms in total. The molecule has 0 aliphatic heterocycles. The van der Waals surface area contributed by atoms with Crippen molar-refractivity contribution in [2.75, 3.05) is 7.11 Å². The van der Waals surface area contributed by atoms with E-state index in [0.29, 0.717) is 5.56 Å². The van der Waals surface area contributed by atoms with E-state index < -0.39 is 0 Å². The highest BCUT2D eigenvalue weighted by Crippen LogP contribution is 2.30. The lowest BCUT2D eigenvalue weighted by molar-refractivity contribution is 0.0941. The largest absolute Gasteiger partial charge is 0.497 e. The van der Waals surface area contributed by atoms with Crippen LogP contribution in [0.1, 0.15) is 40.0 Å². The van der Waals surface area contributed by atoms with Gasteiger partial charge in [0.2, 0.25) is 0 Å². The summed E-state index contributed by atoms with van der Waals surface area (Å²) in [5.41, 5.74) is 6.33. The van der Waals surface area contributed by atoms with Gasteiger partial charge in [-0.05, 0) is 56.2 Å². The minimum absolute atomic E-state index is 0.108. The van der Waals surface area contributed by atoms with Crippen molar-refractivity contribution in [1.82, 2.24) is 10.3 Å². The molecule has 3 aromatic carbocycles. The van der Waals surface area contributed by atoms with Crippen LogP contribution in [-0.2, 0) is 0 Å². The van der Waals surface area contributed by atoms with Crippen LogP contribution in [0.4, 0.5) is 0 Å². The first-order valence-electron chi connectivity index (χ1n) is 10.4. The Morgan fingerprint density at radius 2 is 1.74 bits per heavy atom. The third-order valence-electron chi connectivity index (χ3n) is 5.51. The van der Waals surface area contributed by atoms with Crippen LogP contribution in [0.3, 0.4) is 0 Å². The van der Waals surface area contributed by atoms with Gasteiger partial charge < -0.3 is 10.1 Å². The van der Waals surface area contributed by atoms with Crippen LogP contribution >= 0.6 is 0 Å². The standard InChI is InChI=1S/C27H26N2O2/c1-17-13-18(2)26-23(14-17)24(27(30)28-19(3)20-9-6-5-7-10-20)16-25(29-26)21-11-8-12-22(15-21)31-4/h5-16,19H,1-4H3,(H,28,30). The highest BCUT2D eigenvalue weighted by molar-refractivity contribution is 6.08. The maximum Gasteiger partial charge on any atom is 0.252 e. The number of aryl methyl sites for hydroxylation is 2. The molecule has 0 spiro atoms. The number of pyridine rings is 1. The van der Waals surface area contributed by atoms with Gasteiger partial charge in [0.1, 0.15) is 5.75 Å². The number of nitrogens with one attached hydrogen (secondary N) is 1. The molecule has 1 aromatic heterocycles. The summed E-state index contributed by atoms with van der Waals surface area (Å²) in [7, 11) is 1.64. The van der Waals surface area contributed by atoms with Crippen molar-refractivity contribution >= 4 is 16.8 Å². The number of rotatable bonds is 5. The number of nitrogens with zero attached hydrogens (tertiary/aromatic N) is 1. The number of fused-ring (bicyclic) bond motifs is 1. The van der Waals surface area contributed by atoms with E-state index in [-0.39, 0.29) is 11.9 Å². The minimum Gasteiger partial charge on any atom is -0.497 e. The van der Waals surface area contributed by atoms with Crippen LogP contribution in [0, 0.1) is 13.8 Å². The van der Waals surface area contributed by atoms with E-state index in [1.165, 1.54) is 0 Å². The first-order valence-corrected chi connectivity index (χ1v) is 10.4. The number of benzene rings is 3. The Morgan fingerprint density at radius 1 is 0.968 bits per heavy atom. The number of ether oxygens (including phenoxy) is 1. The smallest absolute Gasteiger partial charge is 0.252 e. The predicted octanol–water partition coefficient (Wildman–Crippen LogP) is 6.02. The van der Waals surface area contributed by atoms with Gasteiger partial charge in [0, 0.05) is 10.9 Å². The summed E-state index contributed by atoms with van der Waals surface area (Å²) in [5, 5.41) is 4.02. The van der Waals surface area contributed by atoms with Crippen molar-refractivity contribution in [2.24, 2.45) is 0 Å². The number of hydrogen-bond donors (Lipinski definition) is 1. The highest BCUT2D eigenvalue weighted by atomic mass is 16.5. The average Bonchev–Trinajstić information content (AvgIpc) is 2.79. The van der Waals surface area contributed by atoms with E-state index in [9.17, 15) is 4.79 Å². The van der Waals surface area contributed by atoms with Crippen molar-refractivity contribution in [2.45, 2.75) is 26.8 Å². The predicted molar refractivity (Wildman–Crippen MR) is 126 cm³/mol. The maximum absolute atomic E-state index is 13.4. The Balaban J connectivity index is 1.83. The van der Waals surface area contributed by atoms with E-state index in [0.717, 1.165) is 44.6 Å². The van der Waals surface area contributed by atoms with Crippen LogP contribution in [0.25, 0.3) is 22.2 Å². The van der Waals surface area contributed by atoms with Crippen molar-refractivity contribution in [3.8, 4) is 17.0 Å². The van der Waals surface area contributed by atoms with Gasteiger partial charge in [-0.25, -0.2) is 4.98 Å². The molecular weight excluding hydrogens is 384 g/mol. The molecular formula is C27H26N2O2. The molecule has 0 fully saturated rings. The zero-order valence-corrected chi connectivity index (χ0v) is 18.3. The zero-order valence-electron chi connectivity index (χ0n) is 18.3. The fourth-order valence-corrected chi connectivity index (χ4v) is 3.90. The molecule has 4 aromatic rings. The molecule has 1 unspecified atom stereocenters. The van der Waals surface area contributed by atoms with E-state index in [4.69, 9.17) is 9.72 Å². The summed E-state index contributed by atoms with van der Waals surface area (Å²) in [4.78, 5) is 18.3. The van der Waals surface area contributed by atoms with E-state index in [1.54, 1.807) is 7.11 Å². The molecule has 0 saturated carbocycles. The number of aromatic nitrogens is 1. The lowest BCUT2D eigenvalue weighted by Gasteiger charge is -2.17. The summed E-state index contributed by atoms with van der Waals surface area (Å²) in [6, 6.07) is 23.6. The molecule has 1 heterocycles. The molecule has 1 atom stereocenters. The normalized spacial score (nSPS) is 11.9. The van der Waals surface area contributed by atoms with Crippen LogP contribution in [0.2, 0.25) is 0 Å². The second kappa shape index (κ2) is 8.60.